The van der Waals surface area contributed by atoms with Gasteiger partial charge in [0.05, 0.1) is 0 Å². The average Bonchev–Trinajstić information content (AvgIpc) is 3.04. The van der Waals surface area contributed by atoms with E-state index in [0.29, 0.717) is 27.9 Å². The SMILES string of the molecule is CC(=O)c1c[nH]c(C(=O)OCC(=O)Nc2ccc(SC(F)F)cc2)c1. The molecule has 0 bridgehead atoms. The van der Waals surface area contributed by atoms with Gasteiger partial charge in [0.15, 0.2) is 12.4 Å². The van der Waals surface area contributed by atoms with Crippen LogP contribution in [0, 0.1) is 0 Å². The van der Waals surface area contributed by atoms with Crippen molar-refractivity contribution in [3.8, 4) is 0 Å². The van der Waals surface area contributed by atoms with Crippen LogP contribution in [0.5, 0.6) is 0 Å². The molecule has 0 unspecified atom stereocenters. The Hall–Kier alpha value is -2.68. The summed E-state index contributed by atoms with van der Waals surface area (Å²) in [6.45, 7) is 0.831. The van der Waals surface area contributed by atoms with E-state index in [9.17, 15) is 23.2 Å². The first-order valence-corrected chi connectivity index (χ1v) is 7.94. The van der Waals surface area contributed by atoms with Gasteiger partial charge in [-0.15, -0.1) is 0 Å². The molecule has 2 N–H and O–H groups in total. The molecule has 0 aliphatic heterocycles. The fraction of sp³-hybridized carbons (Fsp3) is 0.188. The second-order valence-corrected chi connectivity index (χ2v) is 5.95. The molecule has 1 heterocycles. The minimum Gasteiger partial charge on any atom is -0.451 e. The maximum Gasteiger partial charge on any atom is 0.355 e. The highest BCUT2D eigenvalue weighted by atomic mass is 32.2. The molecule has 0 saturated carbocycles. The third-order valence-electron chi connectivity index (χ3n) is 3.01. The van der Waals surface area contributed by atoms with Crippen molar-refractivity contribution in [3.05, 3.63) is 47.8 Å². The van der Waals surface area contributed by atoms with Crippen LogP contribution in [-0.2, 0) is 9.53 Å². The van der Waals surface area contributed by atoms with E-state index in [4.69, 9.17) is 4.74 Å². The zero-order chi connectivity index (χ0) is 18.4. The number of carbonyl (C=O) groups is 3. The molecule has 1 amide bonds. The number of amides is 1. The second-order valence-electron chi connectivity index (χ2n) is 4.89. The van der Waals surface area contributed by atoms with Crippen molar-refractivity contribution in [1.29, 1.82) is 0 Å². The molecule has 6 nitrogen and oxygen atoms in total. The van der Waals surface area contributed by atoms with Gasteiger partial charge >= 0.3 is 5.97 Å². The summed E-state index contributed by atoms with van der Waals surface area (Å²) in [7, 11) is 0. The number of benzene rings is 1. The summed E-state index contributed by atoms with van der Waals surface area (Å²) >= 11 is 0.399. The monoisotopic (exact) mass is 368 g/mol. The van der Waals surface area contributed by atoms with Crippen LogP contribution in [0.25, 0.3) is 0 Å². The number of ketones is 1. The number of rotatable bonds is 7. The first-order chi connectivity index (χ1) is 11.8. The first kappa shape index (κ1) is 18.7. The number of H-pyrrole nitrogens is 1. The van der Waals surface area contributed by atoms with Crippen LogP contribution in [0.1, 0.15) is 27.8 Å². The Bertz CT molecular complexity index is 775. The molecule has 0 spiro atoms. The zero-order valence-corrected chi connectivity index (χ0v) is 13.9. The minimum absolute atomic E-state index is 0.0615. The molecule has 2 aromatic rings. The Kier molecular flexibility index (Phi) is 6.29. The van der Waals surface area contributed by atoms with Gasteiger partial charge in [-0.1, -0.05) is 11.8 Å². The van der Waals surface area contributed by atoms with E-state index < -0.39 is 24.2 Å². The predicted molar refractivity (Wildman–Crippen MR) is 88.0 cm³/mol. The molecule has 0 radical (unpaired) electrons. The van der Waals surface area contributed by atoms with Gasteiger partial charge in [-0.2, -0.15) is 8.78 Å². The number of nitrogens with one attached hydrogen (secondary N) is 2. The van der Waals surface area contributed by atoms with Crippen LogP contribution < -0.4 is 5.32 Å². The highest BCUT2D eigenvalue weighted by Crippen LogP contribution is 2.26. The predicted octanol–water partition coefficient (Wildman–Crippen LogP) is 3.33. The summed E-state index contributed by atoms with van der Waals surface area (Å²) in [5, 5.41) is 2.48. The molecule has 0 atom stereocenters. The topological polar surface area (TPSA) is 88.3 Å². The standard InChI is InChI=1S/C16H14F2N2O4S/c1-9(21)10-6-13(19-7-10)15(23)24-8-14(22)20-11-2-4-12(5-3-11)25-16(17)18/h2-7,16,19H,8H2,1H3,(H,20,22). The summed E-state index contributed by atoms with van der Waals surface area (Å²) in [5.41, 5.74) is 0.781. The number of alkyl halides is 2. The minimum atomic E-state index is -2.52. The van der Waals surface area contributed by atoms with Crippen LogP contribution in [0.4, 0.5) is 14.5 Å². The third-order valence-corrected chi connectivity index (χ3v) is 3.73. The van der Waals surface area contributed by atoms with Crippen LogP contribution in [0.3, 0.4) is 0 Å². The molecule has 9 heteroatoms. The Balaban J connectivity index is 1.83. The van der Waals surface area contributed by atoms with Crippen molar-refractivity contribution in [2.75, 3.05) is 11.9 Å². The lowest BCUT2D eigenvalue weighted by Crippen LogP contribution is -2.21. The van der Waals surface area contributed by atoms with Crippen molar-refractivity contribution in [2.24, 2.45) is 0 Å². The van der Waals surface area contributed by atoms with Gasteiger partial charge in [-0.3, -0.25) is 9.59 Å². The third kappa shape index (κ3) is 5.71. The van der Waals surface area contributed by atoms with Gasteiger partial charge in [0, 0.05) is 22.3 Å². The summed E-state index contributed by atoms with van der Waals surface area (Å²) in [6, 6.07) is 7.16. The van der Waals surface area contributed by atoms with Gasteiger partial charge in [0.1, 0.15) is 5.69 Å². The molecule has 0 saturated heterocycles. The number of ether oxygens (including phenoxy) is 1. The number of carbonyl (C=O) groups excluding carboxylic acids is 3. The van der Waals surface area contributed by atoms with Crippen molar-refractivity contribution in [1.82, 2.24) is 4.98 Å². The molecule has 0 aliphatic carbocycles. The van der Waals surface area contributed by atoms with Gasteiger partial charge in [-0.25, -0.2) is 4.79 Å². The fourth-order valence-corrected chi connectivity index (χ4v) is 2.34. The van der Waals surface area contributed by atoms with E-state index in [1.807, 2.05) is 0 Å². The number of halogens is 2. The molecule has 0 fully saturated rings. The van der Waals surface area contributed by atoms with Crippen LogP contribution in [0.2, 0.25) is 0 Å². The molecule has 1 aromatic heterocycles. The normalized spacial score (nSPS) is 10.6. The summed E-state index contributed by atoms with van der Waals surface area (Å²) in [4.78, 5) is 37.6. The summed E-state index contributed by atoms with van der Waals surface area (Å²) in [6.07, 6.45) is 1.37. The summed E-state index contributed by atoms with van der Waals surface area (Å²) in [5.74, 6) is -4.08. The molecule has 0 aliphatic rings. The summed E-state index contributed by atoms with van der Waals surface area (Å²) < 4.78 is 29.3. The number of anilines is 1. The van der Waals surface area contributed by atoms with Crippen LogP contribution >= 0.6 is 11.8 Å². The van der Waals surface area contributed by atoms with Crippen LogP contribution in [0.15, 0.2) is 41.4 Å². The Morgan fingerprint density at radius 3 is 2.48 bits per heavy atom. The van der Waals surface area contributed by atoms with E-state index in [0.717, 1.165) is 0 Å². The lowest BCUT2D eigenvalue weighted by atomic mass is 10.2. The average molecular weight is 368 g/mol. The van der Waals surface area contributed by atoms with Gasteiger partial charge < -0.3 is 15.0 Å². The Labute approximate surface area is 145 Å². The molecular weight excluding hydrogens is 354 g/mol. The van der Waals surface area contributed by atoms with E-state index in [1.165, 1.54) is 43.5 Å². The molecule has 1 aromatic carbocycles. The van der Waals surface area contributed by atoms with E-state index in [2.05, 4.69) is 10.3 Å². The Morgan fingerprint density at radius 1 is 1.24 bits per heavy atom. The number of aromatic amines is 1. The quantitative estimate of drug-likeness (QED) is 0.445. The second kappa shape index (κ2) is 8.43. The Morgan fingerprint density at radius 2 is 1.92 bits per heavy atom. The van der Waals surface area contributed by atoms with E-state index >= 15 is 0 Å². The lowest BCUT2D eigenvalue weighted by molar-refractivity contribution is -0.119. The van der Waals surface area contributed by atoms with Crippen molar-refractivity contribution >= 4 is 35.1 Å². The molecule has 132 valence electrons. The largest absolute Gasteiger partial charge is 0.451 e. The number of hydrogen-bond donors (Lipinski definition) is 2. The number of hydrogen-bond acceptors (Lipinski definition) is 5. The number of Topliss-reactive ketones (excluding diaryl/α,β-unsaturated/α-hetero) is 1. The molecule has 25 heavy (non-hydrogen) atoms. The van der Waals surface area contributed by atoms with Gasteiger partial charge in [0.25, 0.3) is 11.7 Å². The van der Waals surface area contributed by atoms with Crippen molar-refractivity contribution in [3.63, 3.8) is 0 Å². The number of esters is 1. The van der Waals surface area contributed by atoms with E-state index in [1.54, 1.807) is 0 Å². The highest BCUT2D eigenvalue weighted by Gasteiger charge is 2.14. The molecular formula is C16H14F2N2O4S. The van der Waals surface area contributed by atoms with Gasteiger partial charge in [-0.05, 0) is 37.3 Å². The van der Waals surface area contributed by atoms with Gasteiger partial charge in [0.2, 0.25) is 0 Å². The number of aromatic nitrogens is 1. The first-order valence-electron chi connectivity index (χ1n) is 7.06. The smallest absolute Gasteiger partial charge is 0.355 e. The molecule has 2 rings (SSSR count). The van der Waals surface area contributed by atoms with Crippen molar-refractivity contribution in [2.45, 2.75) is 17.6 Å². The highest BCUT2D eigenvalue weighted by molar-refractivity contribution is 7.99. The zero-order valence-electron chi connectivity index (χ0n) is 13.0. The van der Waals surface area contributed by atoms with E-state index in [-0.39, 0.29) is 11.5 Å². The van der Waals surface area contributed by atoms with Crippen LogP contribution in [-0.4, -0.2) is 35.0 Å². The fourth-order valence-electron chi connectivity index (χ4n) is 1.84. The van der Waals surface area contributed by atoms with Crippen molar-refractivity contribution < 1.29 is 27.9 Å². The maximum atomic E-state index is 12.2. The number of thioether (sulfide) groups is 1. The lowest BCUT2D eigenvalue weighted by Gasteiger charge is -2.07. The maximum absolute atomic E-state index is 12.2.